The maximum Gasteiger partial charge on any atom is 0.259 e. The first-order valence-corrected chi connectivity index (χ1v) is 13.0. The number of nitrogens with zero attached hydrogens (tertiary/aromatic N) is 6. The minimum absolute atomic E-state index is 0.0773. The zero-order valence-corrected chi connectivity index (χ0v) is 19.1. The van der Waals surface area contributed by atoms with E-state index in [0.29, 0.717) is 44.6 Å². The lowest BCUT2D eigenvalue weighted by molar-refractivity contribution is -0.137. The van der Waals surface area contributed by atoms with Crippen LogP contribution in [-0.4, -0.2) is 74.4 Å². The van der Waals surface area contributed by atoms with E-state index in [1.807, 2.05) is 15.8 Å². The number of aromatic nitrogens is 4. The maximum atomic E-state index is 12.9. The number of hydrogen-bond donors (Lipinski definition) is 1. The first kappa shape index (κ1) is 21.8. The lowest BCUT2D eigenvalue weighted by Crippen LogP contribution is -2.44. The van der Waals surface area contributed by atoms with Crippen molar-refractivity contribution in [2.75, 3.05) is 30.3 Å². The average molecular weight is 474 g/mol. The fourth-order valence-electron chi connectivity index (χ4n) is 5.03. The minimum Gasteiger partial charge on any atom is -0.383 e. The van der Waals surface area contributed by atoms with Crippen LogP contribution in [0.25, 0.3) is 0 Å². The highest BCUT2D eigenvalue weighted by molar-refractivity contribution is 7.91. The molecule has 0 radical (unpaired) electrons. The summed E-state index contributed by atoms with van der Waals surface area (Å²) in [5.41, 5.74) is 8.17. The van der Waals surface area contributed by atoms with E-state index >= 15 is 0 Å². The lowest BCUT2D eigenvalue weighted by Gasteiger charge is -2.35. The summed E-state index contributed by atoms with van der Waals surface area (Å²) < 4.78 is 25.3. The summed E-state index contributed by atoms with van der Waals surface area (Å²) in [6.45, 7) is 2.16. The number of hydrogen-bond acceptors (Lipinski definition) is 8. The van der Waals surface area contributed by atoms with Gasteiger partial charge >= 0.3 is 0 Å². The number of carbonyl (C=O) groups excluding carboxylic acids is 2. The summed E-state index contributed by atoms with van der Waals surface area (Å²) in [6.07, 6.45) is 6.97. The van der Waals surface area contributed by atoms with Crippen LogP contribution in [0, 0.1) is 5.92 Å². The molecule has 12 heteroatoms. The van der Waals surface area contributed by atoms with Gasteiger partial charge in [-0.25, -0.2) is 18.4 Å². The lowest BCUT2D eigenvalue weighted by atomic mass is 9.98. The molecule has 3 aliphatic heterocycles. The minimum atomic E-state index is -2.98. The Bertz CT molecular complexity index is 1170. The van der Waals surface area contributed by atoms with Gasteiger partial charge in [-0.05, 0) is 25.7 Å². The summed E-state index contributed by atoms with van der Waals surface area (Å²) in [5, 5.41) is 4.58. The van der Waals surface area contributed by atoms with Crippen LogP contribution in [0.15, 0.2) is 18.7 Å². The Hall–Kier alpha value is -3.02. The molecule has 2 saturated heterocycles. The van der Waals surface area contributed by atoms with Crippen molar-refractivity contribution in [1.82, 2.24) is 29.5 Å². The van der Waals surface area contributed by atoms with Gasteiger partial charge in [0.15, 0.2) is 0 Å². The van der Waals surface area contributed by atoms with E-state index in [1.165, 1.54) is 12.5 Å². The Kier molecular flexibility index (Phi) is 5.55. The van der Waals surface area contributed by atoms with Gasteiger partial charge < -0.3 is 15.5 Å². The van der Waals surface area contributed by atoms with Gasteiger partial charge in [-0.3, -0.25) is 14.3 Å². The number of nitrogens with two attached hydrogens (primary N) is 1. The maximum absolute atomic E-state index is 12.9. The smallest absolute Gasteiger partial charge is 0.259 e. The number of nitrogen functional groups attached to an aromatic ring is 1. The summed E-state index contributed by atoms with van der Waals surface area (Å²) in [4.78, 5) is 37.2. The molecule has 3 aliphatic rings. The molecular weight excluding hydrogens is 446 g/mol. The molecule has 2 aromatic heterocycles. The monoisotopic (exact) mass is 473 g/mol. The molecule has 0 saturated carbocycles. The summed E-state index contributed by atoms with van der Waals surface area (Å²) in [6, 6.07) is 0.157. The molecule has 2 fully saturated rings. The van der Waals surface area contributed by atoms with E-state index in [0.717, 1.165) is 24.1 Å². The third-order valence-electron chi connectivity index (χ3n) is 6.97. The zero-order chi connectivity index (χ0) is 23.2. The third kappa shape index (κ3) is 4.19. The number of likely N-dealkylation sites (tertiary alicyclic amines) is 1. The molecule has 0 spiro atoms. The Labute approximate surface area is 191 Å². The van der Waals surface area contributed by atoms with Crippen molar-refractivity contribution in [3.8, 4) is 0 Å². The highest BCUT2D eigenvalue weighted by Crippen LogP contribution is 2.32. The molecule has 176 valence electrons. The Morgan fingerprint density at radius 2 is 1.73 bits per heavy atom. The zero-order valence-electron chi connectivity index (χ0n) is 18.3. The molecular formula is C21H27N7O4S. The van der Waals surface area contributed by atoms with Crippen LogP contribution in [0.5, 0.6) is 0 Å². The molecule has 33 heavy (non-hydrogen) atoms. The number of amides is 2. The highest BCUT2D eigenvalue weighted by atomic mass is 32.2. The van der Waals surface area contributed by atoms with Crippen molar-refractivity contribution in [1.29, 1.82) is 0 Å². The largest absolute Gasteiger partial charge is 0.383 e. The number of piperidine rings is 1. The highest BCUT2D eigenvalue weighted by Gasteiger charge is 2.35. The molecule has 5 rings (SSSR count). The molecule has 0 bridgehead atoms. The third-order valence-corrected chi connectivity index (χ3v) is 8.69. The molecule has 0 aromatic carbocycles. The Morgan fingerprint density at radius 1 is 1.00 bits per heavy atom. The molecule has 2 N–H and O–H groups in total. The molecule has 0 aliphatic carbocycles. The molecule has 11 nitrogen and oxygen atoms in total. The van der Waals surface area contributed by atoms with Crippen molar-refractivity contribution < 1.29 is 18.0 Å². The SMILES string of the molecule is Nc1ncncc1C(=O)N1Cc2cnn(C3CCN(C(=O)C4CCS(=O)(=O)CC4)CC3)c2C1. The van der Waals surface area contributed by atoms with Gasteiger partial charge in [0.05, 0.1) is 36.0 Å². The second-order valence-corrected chi connectivity index (χ2v) is 11.3. The van der Waals surface area contributed by atoms with Crippen LogP contribution in [0.1, 0.15) is 53.3 Å². The quantitative estimate of drug-likeness (QED) is 0.674. The molecule has 2 amide bonds. The van der Waals surface area contributed by atoms with Gasteiger partial charge in [0.25, 0.3) is 5.91 Å². The summed E-state index contributed by atoms with van der Waals surface area (Å²) >= 11 is 0. The fraction of sp³-hybridized carbons (Fsp3) is 0.571. The van der Waals surface area contributed by atoms with Gasteiger partial charge in [-0.15, -0.1) is 0 Å². The van der Waals surface area contributed by atoms with Crippen molar-refractivity contribution in [3.63, 3.8) is 0 Å². The predicted octanol–water partition coefficient (Wildman–Crippen LogP) is 0.400. The Balaban J connectivity index is 1.20. The summed E-state index contributed by atoms with van der Waals surface area (Å²) in [7, 11) is -2.98. The van der Waals surface area contributed by atoms with Crippen molar-refractivity contribution in [2.24, 2.45) is 5.92 Å². The average Bonchev–Trinajstić information content (AvgIpc) is 3.40. The second kappa shape index (κ2) is 8.40. The number of anilines is 1. The molecule has 2 aromatic rings. The fourth-order valence-corrected chi connectivity index (χ4v) is 6.52. The van der Waals surface area contributed by atoms with Gasteiger partial charge in [0, 0.05) is 37.3 Å². The van der Waals surface area contributed by atoms with Crippen molar-refractivity contribution >= 4 is 27.5 Å². The van der Waals surface area contributed by atoms with E-state index in [9.17, 15) is 18.0 Å². The molecule has 0 unspecified atom stereocenters. The Morgan fingerprint density at radius 3 is 2.42 bits per heavy atom. The standard InChI is InChI=1S/C21H27N7O4S/c22-19-17(10-23-13-24-19)21(30)27-11-15-9-25-28(18(15)12-27)16-1-5-26(6-2-16)20(29)14-3-7-33(31,32)8-4-14/h9-10,13-14,16H,1-8,11-12H2,(H2,22,23,24). The van der Waals surface area contributed by atoms with Crippen LogP contribution in [-0.2, 0) is 27.7 Å². The first-order chi connectivity index (χ1) is 15.8. The van der Waals surface area contributed by atoms with E-state index in [2.05, 4.69) is 15.1 Å². The first-order valence-electron chi connectivity index (χ1n) is 11.2. The van der Waals surface area contributed by atoms with Crippen LogP contribution in [0.3, 0.4) is 0 Å². The number of carbonyl (C=O) groups is 2. The van der Waals surface area contributed by atoms with Crippen LogP contribution >= 0.6 is 0 Å². The van der Waals surface area contributed by atoms with Gasteiger partial charge in [0.1, 0.15) is 27.5 Å². The van der Waals surface area contributed by atoms with E-state index in [1.54, 1.807) is 4.90 Å². The van der Waals surface area contributed by atoms with Crippen LogP contribution < -0.4 is 5.73 Å². The predicted molar refractivity (Wildman–Crippen MR) is 118 cm³/mol. The van der Waals surface area contributed by atoms with E-state index < -0.39 is 9.84 Å². The topological polar surface area (TPSA) is 144 Å². The van der Waals surface area contributed by atoms with Crippen LogP contribution in [0.2, 0.25) is 0 Å². The van der Waals surface area contributed by atoms with Crippen molar-refractivity contribution in [3.05, 3.63) is 35.5 Å². The number of rotatable bonds is 3. The second-order valence-electron chi connectivity index (χ2n) is 9.03. The van der Waals surface area contributed by atoms with Gasteiger partial charge in [-0.2, -0.15) is 5.10 Å². The summed E-state index contributed by atoms with van der Waals surface area (Å²) in [5.74, 6) is 0.0669. The number of sulfone groups is 1. The molecule has 5 heterocycles. The molecule has 0 atom stereocenters. The van der Waals surface area contributed by atoms with Crippen molar-refractivity contribution in [2.45, 2.75) is 44.8 Å². The van der Waals surface area contributed by atoms with E-state index in [-0.39, 0.29) is 41.1 Å². The number of fused-ring (bicyclic) bond motifs is 1. The van der Waals surface area contributed by atoms with E-state index in [4.69, 9.17) is 5.73 Å². The van der Waals surface area contributed by atoms with Crippen LogP contribution in [0.4, 0.5) is 5.82 Å². The normalized spacial score (nSPS) is 21.2. The van der Waals surface area contributed by atoms with Gasteiger partial charge in [-0.1, -0.05) is 0 Å². The van der Waals surface area contributed by atoms with Gasteiger partial charge in [0.2, 0.25) is 5.91 Å².